The van der Waals surface area contributed by atoms with E-state index in [4.69, 9.17) is 22.1 Å². The van der Waals surface area contributed by atoms with Gasteiger partial charge in [-0.1, -0.05) is 23.7 Å². The molecule has 0 radical (unpaired) electrons. The average molecular weight is 284 g/mol. The van der Waals surface area contributed by atoms with E-state index in [0.717, 1.165) is 29.3 Å². The fraction of sp³-hybridized carbons (Fsp3) is 0.143. The minimum absolute atomic E-state index is 0.122. The van der Waals surface area contributed by atoms with Crippen molar-refractivity contribution in [3.05, 3.63) is 64.2 Å². The number of benzene rings is 2. The van der Waals surface area contributed by atoms with Gasteiger partial charge >= 0.3 is 0 Å². The molecule has 2 nitrogen and oxygen atoms in total. The first-order valence-electron chi connectivity index (χ1n) is 5.65. The van der Waals surface area contributed by atoms with Crippen LogP contribution < -0.4 is 10.5 Å². The predicted molar refractivity (Wildman–Crippen MR) is 70.0 cm³/mol. The lowest BCUT2D eigenvalue weighted by Gasteiger charge is -2.09. The fourth-order valence-corrected chi connectivity index (χ4v) is 1.87. The van der Waals surface area contributed by atoms with Gasteiger partial charge in [-0.15, -0.1) is 0 Å². The summed E-state index contributed by atoms with van der Waals surface area (Å²) in [6.45, 7) is 0.530. The molecule has 0 aromatic heterocycles. The van der Waals surface area contributed by atoms with Crippen molar-refractivity contribution in [2.75, 3.05) is 0 Å². The van der Waals surface area contributed by atoms with Crippen molar-refractivity contribution in [2.24, 2.45) is 5.73 Å². The van der Waals surface area contributed by atoms with Gasteiger partial charge in [0.2, 0.25) is 0 Å². The minimum Gasteiger partial charge on any atom is -0.489 e. The molecule has 0 aliphatic carbocycles. The highest BCUT2D eigenvalue weighted by Crippen LogP contribution is 2.21. The van der Waals surface area contributed by atoms with E-state index in [1.165, 1.54) is 0 Å². The highest BCUT2D eigenvalue weighted by Gasteiger charge is 2.05. The summed E-state index contributed by atoms with van der Waals surface area (Å²) < 4.78 is 31.3. The average Bonchev–Trinajstić information content (AvgIpc) is 2.36. The Bertz CT molecular complexity index is 569. The highest BCUT2D eigenvalue weighted by molar-refractivity contribution is 6.31. The monoisotopic (exact) mass is 283 g/mol. The Balaban J connectivity index is 2.10. The van der Waals surface area contributed by atoms with Crippen molar-refractivity contribution >= 4 is 11.6 Å². The molecule has 0 aliphatic rings. The Labute approximate surface area is 114 Å². The summed E-state index contributed by atoms with van der Waals surface area (Å²) in [6.07, 6.45) is 0. The molecule has 0 amide bonds. The lowest BCUT2D eigenvalue weighted by molar-refractivity contribution is 0.302. The van der Waals surface area contributed by atoms with Crippen LogP contribution in [0, 0.1) is 11.6 Å². The molecular weight excluding hydrogens is 272 g/mol. The summed E-state index contributed by atoms with van der Waals surface area (Å²) in [6, 6.07) is 8.37. The zero-order chi connectivity index (χ0) is 13.8. The molecule has 0 atom stereocenters. The van der Waals surface area contributed by atoms with Crippen LogP contribution in [0.1, 0.15) is 11.1 Å². The summed E-state index contributed by atoms with van der Waals surface area (Å²) in [4.78, 5) is 0. The van der Waals surface area contributed by atoms with Crippen LogP contribution in [-0.4, -0.2) is 0 Å². The summed E-state index contributed by atoms with van der Waals surface area (Å²) in [5.41, 5.74) is 7.13. The molecule has 2 rings (SSSR count). The van der Waals surface area contributed by atoms with Crippen LogP contribution in [0.25, 0.3) is 0 Å². The van der Waals surface area contributed by atoms with Crippen LogP contribution in [0.5, 0.6) is 5.75 Å². The predicted octanol–water partition coefficient (Wildman–Crippen LogP) is 3.66. The molecular formula is C14H12ClF2NO. The summed E-state index contributed by atoms with van der Waals surface area (Å²) >= 11 is 6.05. The van der Waals surface area contributed by atoms with Crippen molar-refractivity contribution in [1.29, 1.82) is 0 Å². The van der Waals surface area contributed by atoms with Crippen LogP contribution in [0.4, 0.5) is 8.78 Å². The van der Waals surface area contributed by atoms with Gasteiger partial charge in [-0.05, 0) is 11.6 Å². The van der Waals surface area contributed by atoms with Crippen LogP contribution in [0.15, 0.2) is 36.4 Å². The molecule has 0 saturated carbocycles. The third kappa shape index (κ3) is 3.66. The number of rotatable bonds is 4. The van der Waals surface area contributed by atoms with Crippen molar-refractivity contribution in [2.45, 2.75) is 13.2 Å². The SMILES string of the molecule is NCc1ccc(COc2cc(F)cc(F)c2)c(Cl)c1. The Morgan fingerprint density at radius 3 is 2.32 bits per heavy atom. The number of hydrogen-bond donors (Lipinski definition) is 1. The first kappa shape index (κ1) is 13.8. The molecule has 0 spiro atoms. The van der Waals surface area contributed by atoms with Gasteiger partial charge in [0, 0.05) is 35.3 Å². The van der Waals surface area contributed by atoms with E-state index in [1.807, 2.05) is 6.07 Å². The van der Waals surface area contributed by atoms with E-state index in [-0.39, 0.29) is 12.4 Å². The molecule has 0 heterocycles. The largest absolute Gasteiger partial charge is 0.489 e. The fourth-order valence-electron chi connectivity index (χ4n) is 1.61. The first-order valence-corrected chi connectivity index (χ1v) is 6.02. The molecule has 0 fully saturated rings. The second-order valence-corrected chi connectivity index (χ2v) is 4.43. The third-order valence-electron chi connectivity index (χ3n) is 2.58. The zero-order valence-corrected chi connectivity index (χ0v) is 10.8. The number of halogens is 3. The standard InChI is InChI=1S/C14H12ClF2NO/c15-14-3-9(7-18)1-2-10(14)8-19-13-5-11(16)4-12(17)6-13/h1-6H,7-8,18H2. The number of hydrogen-bond acceptors (Lipinski definition) is 2. The molecule has 19 heavy (non-hydrogen) atoms. The van der Waals surface area contributed by atoms with Gasteiger partial charge in [0.15, 0.2) is 0 Å². The molecule has 0 saturated heterocycles. The number of ether oxygens (including phenoxy) is 1. The summed E-state index contributed by atoms with van der Waals surface area (Å²) in [7, 11) is 0. The molecule has 0 unspecified atom stereocenters. The molecule has 2 aromatic rings. The van der Waals surface area contributed by atoms with Gasteiger partial charge in [0.25, 0.3) is 0 Å². The second kappa shape index (κ2) is 5.99. The van der Waals surface area contributed by atoms with Crippen LogP contribution in [0.2, 0.25) is 5.02 Å². The third-order valence-corrected chi connectivity index (χ3v) is 2.94. The quantitative estimate of drug-likeness (QED) is 0.929. The maximum atomic E-state index is 13.0. The maximum absolute atomic E-state index is 13.0. The van der Waals surface area contributed by atoms with E-state index >= 15 is 0 Å². The Morgan fingerprint density at radius 1 is 1.05 bits per heavy atom. The van der Waals surface area contributed by atoms with Crippen molar-refractivity contribution in [1.82, 2.24) is 0 Å². The Morgan fingerprint density at radius 2 is 1.74 bits per heavy atom. The lowest BCUT2D eigenvalue weighted by atomic mass is 10.1. The molecule has 0 aliphatic heterocycles. The van der Waals surface area contributed by atoms with E-state index in [1.54, 1.807) is 12.1 Å². The van der Waals surface area contributed by atoms with E-state index in [2.05, 4.69) is 0 Å². The Hall–Kier alpha value is -1.65. The zero-order valence-electron chi connectivity index (χ0n) is 10.00. The Kier molecular flexibility index (Phi) is 4.35. The van der Waals surface area contributed by atoms with Crippen molar-refractivity contribution in [3.63, 3.8) is 0 Å². The van der Waals surface area contributed by atoms with E-state index in [0.29, 0.717) is 11.6 Å². The van der Waals surface area contributed by atoms with E-state index in [9.17, 15) is 8.78 Å². The number of nitrogens with two attached hydrogens (primary N) is 1. The first-order chi connectivity index (χ1) is 9.08. The van der Waals surface area contributed by atoms with Gasteiger partial charge in [-0.2, -0.15) is 0 Å². The van der Waals surface area contributed by atoms with Crippen molar-refractivity contribution in [3.8, 4) is 5.75 Å². The molecule has 100 valence electrons. The molecule has 2 N–H and O–H groups in total. The summed E-state index contributed by atoms with van der Waals surface area (Å²) in [5.74, 6) is -1.24. The van der Waals surface area contributed by atoms with E-state index < -0.39 is 11.6 Å². The van der Waals surface area contributed by atoms with Crippen LogP contribution in [0.3, 0.4) is 0 Å². The van der Waals surface area contributed by atoms with Gasteiger partial charge in [0.05, 0.1) is 0 Å². The molecule has 5 heteroatoms. The van der Waals surface area contributed by atoms with Gasteiger partial charge in [-0.3, -0.25) is 0 Å². The molecule has 0 bridgehead atoms. The van der Waals surface area contributed by atoms with Crippen molar-refractivity contribution < 1.29 is 13.5 Å². The molecule has 2 aromatic carbocycles. The second-order valence-electron chi connectivity index (χ2n) is 4.02. The van der Waals surface area contributed by atoms with Gasteiger partial charge in [-0.25, -0.2) is 8.78 Å². The minimum atomic E-state index is -0.681. The normalized spacial score (nSPS) is 10.5. The highest BCUT2D eigenvalue weighted by atomic mass is 35.5. The summed E-state index contributed by atoms with van der Waals surface area (Å²) in [5, 5.41) is 0.514. The topological polar surface area (TPSA) is 35.2 Å². The smallest absolute Gasteiger partial charge is 0.129 e. The maximum Gasteiger partial charge on any atom is 0.129 e. The lowest BCUT2D eigenvalue weighted by Crippen LogP contribution is -2.00. The van der Waals surface area contributed by atoms with Crippen LogP contribution in [-0.2, 0) is 13.2 Å². The van der Waals surface area contributed by atoms with Gasteiger partial charge < -0.3 is 10.5 Å². The van der Waals surface area contributed by atoms with Gasteiger partial charge in [0.1, 0.15) is 24.0 Å². The van der Waals surface area contributed by atoms with Crippen LogP contribution >= 0.6 is 11.6 Å².